The van der Waals surface area contributed by atoms with Crippen LogP contribution < -0.4 is 5.32 Å². The molecule has 0 aromatic carbocycles. The van der Waals surface area contributed by atoms with Gasteiger partial charge in [0.1, 0.15) is 12.2 Å². The molecule has 41 heavy (non-hydrogen) atoms. The van der Waals surface area contributed by atoms with E-state index in [9.17, 15) is 25.2 Å². The van der Waals surface area contributed by atoms with Crippen molar-refractivity contribution >= 4 is 5.91 Å². The molecule has 0 saturated carbocycles. The number of aliphatic hydroxyl groups excluding tert-OH is 4. The molecule has 0 fully saturated rings. The predicted octanol–water partition coefficient (Wildman–Crippen LogP) is 7.67. The standard InChI is InChI=1S/C35H67NO5/c1-3-5-7-9-11-13-14-15-16-17-18-19-21-22-24-26-28-32(38)34(40)31(30-37)36-35(41)33(39)29-27-25-23-20-12-10-8-6-4-2/h16-17,21-22,31-34,37-40H,3-15,18-20,23-30H2,1-2H3,(H,36,41)/b17-16+,22-21+. The van der Waals surface area contributed by atoms with Crippen molar-refractivity contribution in [3.8, 4) is 0 Å². The normalized spacial score (nSPS) is 15.0. The minimum atomic E-state index is -1.28. The van der Waals surface area contributed by atoms with E-state index in [0.717, 1.165) is 38.5 Å². The van der Waals surface area contributed by atoms with Crippen LogP contribution in [0.5, 0.6) is 0 Å². The lowest BCUT2D eigenvalue weighted by Gasteiger charge is -2.27. The van der Waals surface area contributed by atoms with E-state index in [4.69, 9.17) is 0 Å². The van der Waals surface area contributed by atoms with Gasteiger partial charge in [0.2, 0.25) is 5.91 Å². The molecule has 4 atom stereocenters. The Labute approximate surface area is 253 Å². The second-order valence-corrected chi connectivity index (χ2v) is 11.8. The number of unbranched alkanes of at least 4 members (excludes halogenated alkanes) is 17. The summed E-state index contributed by atoms with van der Waals surface area (Å²) in [6, 6.07) is -1.00. The van der Waals surface area contributed by atoms with E-state index in [2.05, 4.69) is 43.5 Å². The largest absolute Gasteiger partial charge is 0.394 e. The first-order valence-corrected chi connectivity index (χ1v) is 17.2. The highest BCUT2D eigenvalue weighted by Gasteiger charge is 2.28. The summed E-state index contributed by atoms with van der Waals surface area (Å²) in [6.45, 7) is 3.97. The fraction of sp³-hybridized carbons (Fsp3) is 0.857. The van der Waals surface area contributed by atoms with Crippen LogP contribution in [0, 0.1) is 0 Å². The predicted molar refractivity (Wildman–Crippen MR) is 173 cm³/mol. The summed E-state index contributed by atoms with van der Waals surface area (Å²) in [5, 5.41) is 43.2. The van der Waals surface area contributed by atoms with Gasteiger partial charge in [0.15, 0.2) is 0 Å². The van der Waals surface area contributed by atoms with Crippen LogP contribution in [-0.4, -0.2) is 57.3 Å². The van der Waals surface area contributed by atoms with Gasteiger partial charge >= 0.3 is 0 Å². The lowest BCUT2D eigenvalue weighted by atomic mass is 10.00. The Morgan fingerprint density at radius 3 is 1.54 bits per heavy atom. The van der Waals surface area contributed by atoms with Crippen molar-refractivity contribution in [2.75, 3.05) is 6.61 Å². The van der Waals surface area contributed by atoms with E-state index < -0.39 is 36.9 Å². The van der Waals surface area contributed by atoms with Crippen molar-refractivity contribution in [3.63, 3.8) is 0 Å². The molecule has 0 bridgehead atoms. The molecule has 1 amide bonds. The first-order chi connectivity index (χ1) is 20.0. The molecule has 0 aliphatic carbocycles. The van der Waals surface area contributed by atoms with E-state index >= 15 is 0 Å². The summed E-state index contributed by atoms with van der Waals surface area (Å²) in [6.07, 6.45) is 30.6. The molecule has 0 aliphatic heterocycles. The van der Waals surface area contributed by atoms with Gasteiger partial charge in [-0.15, -0.1) is 0 Å². The Morgan fingerprint density at radius 2 is 1.02 bits per heavy atom. The Bertz CT molecular complexity index is 624. The molecule has 4 unspecified atom stereocenters. The van der Waals surface area contributed by atoms with Crippen molar-refractivity contribution in [1.82, 2.24) is 5.32 Å². The summed E-state index contributed by atoms with van der Waals surface area (Å²) in [5.41, 5.74) is 0. The van der Waals surface area contributed by atoms with Crippen LogP contribution in [0.3, 0.4) is 0 Å². The van der Waals surface area contributed by atoms with Crippen LogP contribution in [0.15, 0.2) is 24.3 Å². The highest BCUT2D eigenvalue weighted by molar-refractivity contribution is 5.80. The Morgan fingerprint density at radius 1 is 0.585 bits per heavy atom. The third-order valence-electron chi connectivity index (χ3n) is 7.89. The molecule has 0 heterocycles. The Hall–Kier alpha value is -1.21. The summed E-state index contributed by atoms with van der Waals surface area (Å²) < 4.78 is 0. The molecule has 0 rings (SSSR count). The highest BCUT2D eigenvalue weighted by atomic mass is 16.3. The summed E-state index contributed by atoms with van der Waals surface area (Å²) >= 11 is 0. The van der Waals surface area contributed by atoms with E-state index in [0.29, 0.717) is 19.3 Å². The number of carbonyl (C=O) groups is 1. The molecule has 0 spiro atoms. The van der Waals surface area contributed by atoms with E-state index in [1.165, 1.54) is 89.9 Å². The SMILES string of the molecule is CCCCCCCCC/C=C/CC/C=C/CCCC(O)C(O)C(CO)NC(=O)C(O)CCCCCCCCCCC. The molecule has 6 heteroatoms. The number of hydrogen-bond donors (Lipinski definition) is 5. The number of nitrogens with one attached hydrogen (secondary N) is 1. The quantitative estimate of drug-likeness (QED) is 0.0442. The second kappa shape index (κ2) is 30.3. The van der Waals surface area contributed by atoms with Crippen LogP contribution in [-0.2, 0) is 4.79 Å². The number of allylic oxidation sites excluding steroid dienone is 4. The van der Waals surface area contributed by atoms with Crippen molar-refractivity contribution in [2.45, 2.75) is 186 Å². The Balaban J connectivity index is 3.93. The van der Waals surface area contributed by atoms with Gasteiger partial charge in [-0.2, -0.15) is 0 Å². The first-order valence-electron chi connectivity index (χ1n) is 17.2. The molecule has 0 radical (unpaired) electrons. The van der Waals surface area contributed by atoms with Gasteiger partial charge in [-0.1, -0.05) is 134 Å². The maximum absolute atomic E-state index is 12.3. The summed E-state index contributed by atoms with van der Waals surface area (Å²) in [4.78, 5) is 12.3. The zero-order valence-corrected chi connectivity index (χ0v) is 26.8. The van der Waals surface area contributed by atoms with Crippen molar-refractivity contribution in [1.29, 1.82) is 0 Å². The third-order valence-corrected chi connectivity index (χ3v) is 7.89. The number of aliphatic hydroxyl groups is 4. The van der Waals surface area contributed by atoms with Crippen LogP contribution in [0.2, 0.25) is 0 Å². The maximum Gasteiger partial charge on any atom is 0.249 e. The highest BCUT2D eigenvalue weighted by Crippen LogP contribution is 2.13. The number of amides is 1. The smallest absolute Gasteiger partial charge is 0.249 e. The maximum atomic E-state index is 12.3. The van der Waals surface area contributed by atoms with Gasteiger partial charge in [-0.05, 0) is 51.4 Å². The van der Waals surface area contributed by atoms with E-state index in [-0.39, 0.29) is 0 Å². The molecule has 5 N–H and O–H groups in total. The zero-order chi connectivity index (χ0) is 30.4. The van der Waals surface area contributed by atoms with Gasteiger partial charge in [-0.25, -0.2) is 0 Å². The average molecular weight is 582 g/mol. The summed E-state index contributed by atoms with van der Waals surface area (Å²) in [5.74, 6) is -0.603. The van der Waals surface area contributed by atoms with Crippen molar-refractivity contribution in [2.24, 2.45) is 0 Å². The molecule has 0 aromatic rings. The Kier molecular flexibility index (Phi) is 29.4. The average Bonchev–Trinajstić information content (AvgIpc) is 2.98. The van der Waals surface area contributed by atoms with Gasteiger partial charge < -0.3 is 25.7 Å². The van der Waals surface area contributed by atoms with Gasteiger partial charge in [0.25, 0.3) is 0 Å². The monoisotopic (exact) mass is 582 g/mol. The molecule has 0 aromatic heterocycles. The number of hydrogen-bond acceptors (Lipinski definition) is 5. The fourth-order valence-electron chi connectivity index (χ4n) is 5.06. The van der Waals surface area contributed by atoms with Crippen LogP contribution in [0.25, 0.3) is 0 Å². The van der Waals surface area contributed by atoms with Crippen LogP contribution in [0.4, 0.5) is 0 Å². The first kappa shape index (κ1) is 39.8. The lowest BCUT2D eigenvalue weighted by molar-refractivity contribution is -0.132. The topological polar surface area (TPSA) is 110 Å². The molecule has 0 saturated heterocycles. The zero-order valence-electron chi connectivity index (χ0n) is 26.8. The summed E-state index contributed by atoms with van der Waals surface area (Å²) in [7, 11) is 0. The van der Waals surface area contributed by atoms with Crippen LogP contribution >= 0.6 is 0 Å². The van der Waals surface area contributed by atoms with Crippen molar-refractivity contribution in [3.05, 3.63) is 24.3 Å². The molecule has 0 aliphatic rings. The van der Waals surface area contributed by atoms with Crippen LogP contribution in [0.1, 0.15) is 162 Å². The van der Waals surface area contributed by atoms with Gasteiger partial charge in [0.05, 0.1) is 18.8 Å². The van der Waals surface area contributed by atoms with Gasteiger partial charge in [-0.3, -0.25) is 4.79 Å². The van der Waals surface area contributed by atoms with Gasteiger partial charge in [0, 0.05) is 0 Å². The van der Waals surface area contributed by atoms with E-state index in [1.807, 2.05) is 0 Å². The van der Waals surface area contributed by atoms with E-state index in [1.54, 1.807) is 0 Å². The number of carbonyl (C=O) groups excluding carboxylic acids is 1. The molecule has 6 nitrogen and oxygen atoms in total. The second-order valence-electron chi connectivity index (χ2n) is 11.8. The minimum Gasteiger partial charge on any atom is -0.394 e. The third kappa shape index (κ3) is 25.0. The molecular weight excluding hydrogens is 514 g/mol. The molecule has 242 valence electrons. The number of rotatable bonds is 30. The lowest BCUT2D eigenvalue weighted by Crippen LogP contribution is -2.53. The molecular formula is C35H67NO5. The minimum absolute atomic E-state index is 0.361. The van der Waals surface area contributed by atoms with Crippen molar-refractivity contribution < 1.29 is 25.2 Å². The fourth-order valence-corrected chi connectivity index (χ4v) is 5.06.